The van der Waals surface area contributed by atoms with Gasteiger partial charge in [0.1, 0.15) is 0 Å². The van der Waals surface area contributed by atoms with Crippen LogP contribution in [0, 0.1) is 0 Å². The molecule has 0 aliphatic carbocycles. The smallest absolute Gasteiger partial charge is 0.257 e. The van der Waals surface area contributed by atoms with Crippen molar-refractivity contribution in [2.45, 2.75) is 25.9 Å². The molecule has 0 saturated heterocycles. The highest BCUT2D eigenvalue weighted by Gasteiger charge is 2.11. The van der Waals surface area contributed by atoms with Gasteiger partial charge < -0.3 is 15.0 Å². The van der Waals surface area contributed by atoms with E-state index in [9.17, 15) is 0 Å². The molecule has 1 atom stereocenters. The Hall–Kier alpha value is -1.72. The standard InChI is InChI=1S/C14H19N3O2/c1-10(18-2)8-13-16-14(19-17-13)12-5-3-4-11(9-12)6-7-15/h3-5,9-10H,6-8,15H2,1-2H3. The van der Waals surface area contributed by atoms with Crippen LogP contribution in [-0.2, 0) is 17.6 Å². The van der Waals surface area contributed by atoms with Crippen molar-refractivity contribution in [1.29, 1.82) is 0 Å². The number of benzene rings is 1. The van der Waals surface area contributed by atoms with Gasteiger partial charge in [0.25, 0.3) is 5.89 Å². The Morgan fingerprint density at radius 1 is 1.42 bits per heavy atom. The fraction of sp³-hybridized carbons (Fsp3) is 0.429. The Morgan fingerprint density at radius 2 is 2.26 bits per heavy atom. The van der Waals surface area contributed by atoms with Crippen LogP contribution in [0.5, 0.6) is 0 Å². The number of aromatic nitrogens is 2. The highest BCUT2D eigenvalue weighted by molar-refractivity contribution is 5.54. The summed E-state index contributed by atoms with van der Waals surface area (Å²) in [6.45, 7) is 2.60. The average molecular weight is 261 g/mol. The van der Waals surface area contributed by atoms with Crippen LogP contribution in [0.4, 0.5) is 0 Å². The van der Waals surface area contributed by atoms with Gasteiger partial charge in [-0.15, -0.1) is 0 Å². The summed E-state index contributed by atoms with van der Waals surface area (Å²) in [7, 11) is 1.67. The lowest BCUT2D eigenvalue weighted by Crippen LogP contribution is -2.09. The highest BCUT2D eigenvalue weighted by atomic mass is 16.5. The van der Waals surface area contributed by atoms with Gasteiger partial charge in [-0.3, -0.25) is 0 Å². The first-order chi connectivity index (χ1) is 9.22. The van der Waals surface area contributed by atoms with Crippen molar-refractivity contribution < 1.29 is 9.26 Å². The Balaban J connectivity index is 2.15. The second-order valence-corrected chi connectivity index (χ2v) is 4.51. The minimum absolute atomic E-state index is 0.0778. The van der Waals surface area contributed by atoms with Gasteiger partial charge in [0.2, 0.25) is 0 Å². The zero-order chi connectivity index (χ0) is 13.7. The van der Waals surface area contributed by atoms with E-state index in [0.717, 1.165) is 12.0 Å². The van der Waals surface area contributed by atoms with Gasteiger partial charge in [0, 0.05) is 19.1 Å². The summed E-state index contributed by atoms with van der Waals surface area (Å²) in [5, 5.41) is 3.97. The molecule has 102 valence electrons. The molecule has 0 amide bonds. The number of hydrogen-bond acceptors (Lipinski definition) is 5. The van der Waals surface area contributed by atoms with Gasteiger partial charge in [0.15, 0.2) is 5.82 Å². The summed E-state index contributed by atoms with van der Waals surface area (Å²) in [5.74, 6) is 1.20. The average Bonchev–Trinajstić information content (AvgIpc) is 2.88. The molecule has 0 saturated carbocycles. The maximum absolute atomic E-state index is 5.56. The van der Waals surface area contributed by atoms with E-state index in [2.05, 4.69) is 10.1 Å². The highest BCUT2D eigenvalue weighted by Crippen LogP contribution is 2.19. The molecule has 1 aromatic carbocycles. The SMILES string of the molecule is COC(C)Cc1noc(-c2cccc(CCN)c2)n1. The van der Waals surface area contributed by atoms with Gasteiger partial charge in [-0.25, -0.2) is 0 Å². The summed E-state index contributed by atoms with van der Waals surface area (Å²) in [4.78, 5) is 4.38. The first kappa shape index (κ1) is 13.7. The Kier molecular flexibility index (Phi) is 4.65. The van der Waals surface area contributed by atoms with E-state index < -0.39 is 0 Å². The first-order valence-electron chi connectivity index (χ1n) is 6.37. The van der Waals surface area contributed by atoms with Crippen LogP contribution >= 0.6 is 0 Å². The van der Waals surface area contributed by atoms with E-state index in [1.807, 2.05) is 31.2 Å². The zero-order valence-electron chi connectivity index (χ0n) is 11.3. The Bertz CT molecular complexity index is 525. The van der Waals surface area contributed by atoms with Crippen molar-refractivity contribution >= 4 is 0 Å². The lowest BCUT2D eigenvalue weighted by molar-refractivity contribution is 0.116. The second-order valence-electron chi connectivity index (χ2n) is 4.51. The minimum Gasteiger partial charge on any atom is -0.381 e. The molecule has 0 radical (unpaired) electrons. The van der Waals surface area contributed by atoms with E-state index in [4.69, 9.17) is 15.0 Å². The zero-order valence-corrected chi connectivity index (χ0v) is 11.3. The third-order valence-electron chi connectivity index (χ3n) is 2.95. The van der Waals surface area contributed by atoms with Crippen molar-refractivity contribution in [2.75, 3.05) is 13.7 Å². The molecule has 0 aliphatic heterocycles. The van der Waals surface area contributed by atoms with Gasteiger partial charge in [0.05, 0.1) is 6.10 Å². The van der Waals surface area contributed by atoms with E-state index in [0.29, 0.717) is 24.7 Å². The number of nitrogens with zero attached hydrogens (tertiary/aromatic N) is 2. The van der Waals surface area contributed by atoms with Crippen molar-refractivity contribution in [2.24, 2.45) is 5.73 Å². The van der Waals surface area contributed by atoms with E-state index in [-0.39, 0.29) is 6.10 Å². The van der Waals surface area contributed by atoms with Crippen molar-refractivity contribution in [3.8, 4) is 11.5 Å². The second kappa shape index (κ2) is 6.45. The normalized spacial score (nSPS) is 12.6. The molecule has 0 fully saturated rings. The third kappa shape index (κ3) is 3.62. The predicted octanol–water partition coefficient (Wildman–Crippen LogP) is 1.82. The number of ether oxygens (including phenoxy) is 1. The molecule has 0 bridgehead atoms. The summed E-state index contributed by atoms with van der Waals surface area (Å²) in [6.07, 6.45) is 1.56. The maximum Gasteiger partial charge on any atom is 0.257 e. The molecular weight excluding hydrogens is 242 g/mol. The van der Waals surface area contributed by atoms with Gasteiger partial charge in [-0.05, 0) is 37.6 Å². The van der Waals surface area contributed by atoms with Crippen molar-refractivity contribution in [1.82, 2.24) is 10.1 Å². The fourth-order valence-electron chi connectivity index (χ4n) is 1.82. The molecule has 19 heavy (non-hydrogen) atoms. The summed E-state index contributed by atoms with van der Waals surface area (Å²) in [6, 6.07) is 8.00. The largest absolute Gasteiger partial charge is 0.381 e. The van der Waals surface area contributed by atoms with Crippen LogP contribution in [0.2, 0.25) is 0 Å². The molecule has 1 aromatic heterocycles. The van der Waals surface area contributed by atoms with Crippen molar-refractivity contribution in [3.63, 3.8) is 0 Å². The van der Waals surface area contributed by atoms with Gasteiger partial charge in [-0.2, -0.15) is 4.98 Å². The summed E-state index contributed by atoms with van der Waals surface area (Å²) in [5.41, 5.74) is 7.66. The van der Waals surface area contributed by atoms with E-state index in [1.54, 1.807) is 7.11 Å². The summed E-state index contributed by atoms with van der Waals surface area (Å²) >= 11 is 0. The number of hydrogen-bond donors (Lipinski definition) is 1. The van der Waals surface area contributed by atoms with Crippen LogP contribution in [-0.4, -0.2) is 29.9 Å². The topological polar surface area (TPSA) is 74.2 Å². The molecule has 5 heteroatoms. The molecule has 1 heterocycles. The summed E-state index contributed by atoms with van der Waals surface area (Å²) < 4.78 is 10.5. The van der Waals surface area contributed by atoms with Crippen molar-refractivity contribution in [3.05, 3.63) is 35.7 Å². The quantitative estimate of drug-likeness (QED) is 0.858. The monoisotopic (exact) mass is 261 g/mol. The molecular formula is C14H19N3O2. The predicted molar refractivity (Wildman–Crippen MR) is 72.7 cm³/mol. The first-order valence-corrected chi connectivity index (χ1v) is 6.37. The molecule has 2 rings (SSSR count). The van der Waals surface area contributed by atoms with Crippen LogP contribution in [0.15, 0.2) is 28.8 Å². The number of rotatable bonds is 6. The molecule has 0 aliphatic rings. The van der Waals surface area contributed by atoms with Crippen LogP contribution in [0.1, 0.15) is 18.3 Å². The third-order valence-corrected chi connectivity index (χ3v) is 2.95. The lowest BCUT2D eigenvalue weighted by Gasteiger charge is -2.04. The number of methoxy groups -OCH3 is 1. The van der Waals surface area contributed by atoms with Crippen LogP contribution in [0.25, 0.3) is 11.5 Å². The molecule has 5 nitrogen and oxygen atoms in total. The van der Waals surface area contributed by atoms with E-state index in [1.165, 1.54) is 5.56 Å². The molecule has 2 aromatic rings. The maximum atomic E-state index is 5.56. The Labute approximate surface area is 112 Å². The lowest BCUT2D eigenvalue weighted by atomic mass is 10.1. The fourth-order valence-corrected chi connectivity index (χ4v) is 1.82. The van der Waals surface area contributed by atoms with Gasteiger partial charge in [-0.1, -0.05) is 17.3 Å². The van der Waals surface area contributed by atoms with Gasteiger partial charge >= 0.3 is 0 Å². The van der Waals surface area contributed by atoms with E-state index >= 15 is 0 Å². The molecule has 0 spiro atoms. The Morgan fingerprint density at radius 3 is 3.00 bits per heavy atom. The van der Waals surface area contributed by atoms with Crippen LogP contribution < -0.4 is 5.73 Å². The number of nitrogens with two attached hydrogens (primary N) is 1. The van der Waals surface area contributed by atoms with Crippen LogP contribution in [0.3, 0.4) is 0 Å². The molecule has 2 N–H and O–H groups in total. The molecule has 1 unspecified atom stereocenters. The minimum atomic E-state index is 0.0778.